The van der Waals surface area contributed by atoms with E-state index in [4.69, 9.17) is 4.74 Å². The number of likely N-dealkylation sites (tertiary alicyclic amines) is 1. The van der Waals surface area contributed by atoms with Crippen molar-refractivity contribution in [3.05, 3.63) is 65.2 Å². The number of piperidine rings is 1. The summed E-state index contributed by atoms with van der Waals surface area (Å²) in [6, 6.07) is 11.0. The molecule has 2 aromatic rings. The summed E-state index contributed by atoms with van der Waals surface area (Å²) in [5.41, 5.74) is -0.125. The van der Waals surface area contributed by atoms with Gasteiger partial charge in [0.1, 0.15) is 5.75 Å². The summed E-state index contributed by atoms with van der Waals surface area (Å²) in [6.45, 7) is 0.827. The van der Waals surface area contributed by atoms with Crippen molar-refractivity contribution < 1.29 is 27.5 Å². The van der Waals surface area contributed by atoms with Crippen LogP contribution in [-0.4, -0.2) is 43.0 Å². The summed E-state index contributed by atoms with van der Waals surface area (Å²) in [7, 11) is 1.50. The van der Waals surface area contributed by atoms with E-state index in [1.165, 1.54) is 19.2 Å². The lowest BCUT2D eigenvalue weighted by molar-refractivity contribution is -0.137. The predicted octanol–water partition coefficient (Wildman–Crippen LogP) is 3.75. The average Bonchev–Trinajstić information content (AvgIpc) is 2.73. The molecule has 0 bridgehead atoms. The van der Waals surface area contributed by atoms with Gasteiger partial charge in [-0.15, -0.1) is 0 Å². The molecule has 1 saturated heterocycles. The Hall–Kier alpha value is -3.03. The van der Waals surface area contributed by atoms with Gasteiger partial charge in [-0.25, -0.2) is 0 Å². The maximum Gasteiger partial charge on any atom is 0.416 e. The van der Waals surface area contributed by atoms with Crippen molar-refractivity contribution in [2.75, 3.05) is 20.2 Å². The van der Waals surface area contributed by atoms with Crippen molar-refractivity contribution in [1.29, 1.82) is 0 Å². The Morgan fingerprint density at radius 2 is 1.66 bits per heavy atom. The zero-order valence-corrected chi connectivity index (χ0v) is 15.8. The van der Waals surface area contributed by atoms with Crippen LogP contribution in [0.25, 0.3) is 0 Å². The second-order valence-electron chi connectivity index (χ2n) is 6.82. The van der Waals surface area contributed by atoms with Crippen LogP contribution in [0.5, 0.6) is 5.75 Å². The fourth-order valence-electron chi connectivity index (χ4n) is 3.31. The molecule has 5 nitrogen and oxygen atoms in total. The number of carbonyl (C=O) groups excluding carboxylic acids is 2. The van der Waals surface area contributed by atoms with E-state index in [9.17, 15) is 22.8 Å². The molecular weight excluding hydrogens is 385 g/mol. The van der Waals surface area contributed by atoms with Gasteiger partial charge in [0, 0.05) is 24.7 Å². The van der Waals surface area contributed by atoms with Gasteiger partial charge in [0.25, 0.3) is 11.8 Å². The number of alkyl halides is 3. The Morgan fingerprint density at radius 1 is 1.03 bits per heavy atom. The molecule has 1 fully saturated rings. The number of hydrogen-bond donors (Lipinski definition) is 1. The first-order chi connectivity index (χ1) is 13.8. The van der Waals surface area contributed by atoms with Crippen LogP contribution in [0.4, 0.5) is 13.2 Å². The number of rotatable bonds is 4. The number of methoxy groups -OCH3 is 1. The van der Waals surface area contributed by atoms with E-state index in [-0.39, 0.29) is 23.4 Å². The molecular formula is C21H21F3N2O3. The summed E-state index contributed by atoms with van der Waals surface area (Å²) in [4.78, 5) is 26.6. The molecule has 1 aliphatic heterocycles. The minimum absolute atomic E-state index is 0.0935. The number of nitrogens with one attached hydrogen (secondary N) is 1. The smallest absolute Gasteiger partial charge is 0.416 e. The van der Waals surface area contributed by atoms with E-state index in [0.717, 1.165) is 12.1 Å². The Kier molecular flexibility index (Phi) is 6.10. The minimum atomic E-state index is -4.43. The highest BCUT2D eigenvalue weighted by Gasteiger charge is 2.31. The number of benzene rings is 2. The molecule has 3 rings (SSSR count). The lowest BCUT2D eigenvalue weighted by Crippen LogP contribution is -2.46. The van der Waals surface area contributed by atoms with E-state index in [2.05, 4.69) is 5.32 Å². The van der Waals surface area contributed by atoms with Crippen LogP contribution in [-0.2, 0) is 6.18 Å². The number of hydrogen-bond acceptors (Lipinski definition) is 3. The van der Waals surface area contributed by atoms with E-state index < -0.39 is 11.7 Å². The minimum Gasteiger partial charge on any atom is -0.496 e. The molecule has 1 aliphatic rings. The molecule has 2 amide bonds. The summed E-state index contributed by atoms with van der Waals surface area (Å²) >= 11 is 0. The quantitative estimate of drug-likeness (QED) is 0.842. The number of amides is 2. The molecule has 0 aliphatic carbocycles. The van der Waals surface area contributed by atoms with E-state index >= 15 is 0 Å². The standard InChI is InChI=1S/C21H21F3N2O3/c1-29-18-5-3-2-4-17(18)19(27)25-16-10-12-26(13-11-16)20(28)14-6-8-15(9-7-14)21(22,23)24/h2-9,16H,10-13H2,1H3,(H,25,27). The summed E-state index contributed by atoms with van der Waals surface area (Å²) in [6.07, 6.45) is -3.31. The largest absolute Gasteiger partial charge is 0.496 e. The summed E-state index contributed by atoms with van der Waals surface area (Å²) < 4.78 is 43.2. The van der Waals surface area contributed by atoms with Gasteiger partial charge in [-0.3, -0.25) is 9.59 Å². The molecule has 29 heavy (non-hydrogen) atoms. The van der Waals surface area contributed by atoms with Gasteiger partial charge in [0.15, 0.2) is 0 Å². The fourth-order valence-corrected chi connectivity index (χ4v) is 3.31. The Morgan fingerprint density at radius 3 is 2.24 bits per heavy atom. The second-order valence-corrected chi connectivity index (χ2v) is 6.82. The van der Waals surface area contributed by atoms with Crippen LogP contribution in [0.3, 0.4) is 0 Å². The van der Waals surface area contributed by atoms with Crippen molar-refractivity contribution in [2.24, 2.45) is 0 Å². The van der Waals surface area contributed by atoms with E-state index in [1.807, 2.05) is 0 Å². The van der Waals surface area contributed by atoms with Gasteiger partial charge in [0.05, 0.1) is 18.2 Å². The number of ether oxygens (including phenoxy) is 1. The average molecular weight is 406 g/mol. The van der Waals surface area contributed by atoms with Crippen molar-refractivity contribution in [3.8, 4) is 5.75 Å². The maximum absolute atomic E-state index is 12.7. The van der Waals surface area contributed by atoms with Crippen molar-refractivity contribution in [3.63, 3.8) is 0 Å². The predicted molar refractivity (Wildman–Crippen MR) is 101 cm³/mol. The van der Waals surface area contributed by atoms with Crippen molar-refractivity contribution in [1.82, 2.24) is 10.2 Å². The first kappa shape index (κ1) is 20.7. The van der Waals surface area contributed by atoms with Crippen molar-refractivity contribution in [2.45, 2.75) is 25.1 Å². The molecule has 1 heterocycles. The third-order valence-corrected chi connectivity index (χ3v) is 4.93. The summed E-state index contributed by atoms with van der Waals surface area (Å²) in [5.74, 6) is -0.0666. The lowest BCUT2D eigenvalue weighted by Gasteiger charge is -2.32. The van der Waals surface area contributed by atoms with E-state index in [0.29, 0.717) is 37.2 Å². The highest BCUT2D eigenvalue weighted by Crippen LogP contribution is 2.29. The van der Waals surface area contributed by atoms with Crippen LogP contribution in [0, 0.1) is 0 Å². The van der Waals surface area contributed by atoms with Crippen LogP contribution in [0.1, 0.15) is 39.1 Å². The summed E-state index contributed by atoms with van der Waals surface area (Å²) in [5, 5.41) is 2.95. The molecule has 8 heteroatoms. The second kappa shape index (κ2) is 8.55. The molecule has 0 radical (unpaired) electrons. The van der Waals surface area contributed by atoms with Crippen LogP contribution >= 0.6 is 0 Å². The molecule has 2 aromatic carbocycles. The van der Waals surface area contributed by atoms with Gasteiger partial charge in [-0.2, -0.15) is 13.2 Å². The first-order valence-corrected chi connectivity index (χ1v) is 9.20. The van der Waals surface area contributed by atoms with Crippen molar-refractivity contribution >= 4 is 11.8 Å². The molecule has 154 valence electrons. The normalized spacial score (nSPS) is 15.1. The SMILES string of the molecule is COc1ccccc1C(=O)NC1CCN(C(=O)c2ccc(C(F)(F)F)cc2)CC1. The van der Waals surface area contributed by atoms with Crippen LogP contribution < -0.4 is 10.1 Å². The lowest BCUT2D eigenvalue weighted by atomic mass is 10.0. The molecule has 1 N–H and O–H groups in total. The third kappa shape index (κ3) is 4.88. The van der Waals surface area contributed by atoms with Gasteiger partial charge in [-0.05, 0) is 49.2 Å². The maximum atomic E-state index is 12.7. The highest BCUT2D eigenvalue weighted by molar-refractivity contribution is 5.97. The topological polar surface area (TPSA) is 58.6 Å². The first-order valence-electron chi connectivity index (χ1n) is 9.20. The molecule has 0 unspecified atom stereocenters. The van der Waals surface area contributed by atoms with Crippen LogP contribution in [0.2, 0.25) is 0 Å². The molecule has 0 atom stereocenters. The number of para-hydroxylation sites is 1. The van der Waals surface area contributed by atoms with Gasteiger partial charge in [0.2, 0.25) is 0 Å². The zero-order valence-electron chi connectivity index (χ0n) is 15.8. The molecule has 0 spiro atoms. The number of nitrogens with zero attached hydrogens (tertiary/aromatic N) is 1. The number of carbonyl (C=O) groups is 2. The Bertz CT molecular complexity index is 873. The fraction of sp³-hybridized carbons (Fsp3) is 0.333. The third-order valence-electron chi connectivity index (χ3n) is 4.93. The van der Waals surface area contributed by atoms with E-state index in [1.54, 1.807) is 29.2 Å². The molecule has 0 aromatic heterocycles. The highest BCUT2D eigenvalue weighted by atomic mass is 19.4. The number of halogens is 3. The molecule has 0 saturated carbocycles. The Labute approximate surface area is 166 Å². The van der Waals surface area contributed by atoms with Crippen LogP contribution in [0.15, 0.2) is 48.5 Å². The van der Waals surface area contributed by atoms with Gasteiger partial charge >= 0.3 is 6.18 Å². The van der Waals surface area contributed by atoms with Gasteiger partial charge < -0.3 is 15.0 Å². The monoisotopic (exact) mass is 406 g/mol. The Balaban J connectivity index is 1.56. The zero-order chi connectivity index (χ0) is 21.0. The van der Waals surface area contributed by atoms with Gasteiger partial charge in [-0.1, -0.05) is 12.1 Å².